The number of carbonyl (C=O) groups is 2. The average molecular weight is 530 g/mol. The number of amides is 2. The average Bonchev–Trinajstić information content (AvgIpc) is 2.74. The maximum atomic E-state index is 13.1. The number of nitrogens with zero attached hydrogens (tertiary/aromatic N) is 1. The molecule has 0 aliphatic carbocycles. The molecule has 2 aromatic rings. The summed E-state index contributed by atoms with van der Waals surface area (Å²) in [6, 6.07) is 9.98. The zero-order valence-electron chi connectivity index (χ0n) is 18.0. The van der Waals surface area contributed by atoms with E-state index in [-0.39, 0.29) is 31.0 Å². The minimum absolute atomic E-state index is 0.0128. The first-order valence-corrected chi connectivity index (χ1v) is 11.6. The molecule has 0 aliphatic rings. The molecule has 5 nitrogen and oxygen atoms in total. The van der Waals surface area contributed by atoms with Crippen molar-refractivity contribution in [1.29, 1.82) is 0 Å². The molecule has 0 fully saturated rings. The van der Waals surface area contributed by atoms with Gasteiger partial charge >= 0.3 is 0 Å². The van der Waals surface area contributed by atoms with Gasteiger partial charge in [-0.25, -0.2) is 0 Å². The van der Waals surface area contributed by atoms with Gasteiger partial charge in [-0.2, -0.15) is 0 Å². The molecule has 31 heavy (non-hydrogen) atoms. The quantitative estimate of drug-likeness (QED) is 0.448. The van der Waals surface area contributed by atoms with Crippen LogP contribution in [0.3, 0.4) is 0 Å². The highest BCUT2D eigenvalue weighted by atomic mass is 79.9. The van der Waals surface area contributed by atoms with Gasteiger partial charge in [0, 0.05) is 17.1 Å². The van der Waals surface area contributed by atoms with Crippen LogP contribution in [0, 0.1) is 6.92 Å². The monoisotopic (exact) mass is 528 g/mol. The van der Waals surface area contributed by atoms with E-state index in [9.17, 15) is 9.59 Å². The Kier molecular flexibility index (Phi) is 9.66. The predicted octanol–water partition coefficient (Wildman–Crippen LogP) is 5.78. The maximum Gasteiger partial charge on any atom is 0.261 e. The van der Waals surface area contributed by atoms with E-state index in [0.29, 0.717) is 15.8 Å². The number of nitrogens with one attached hydrogen (secondary N) is 1. The third-order valence-corrected chi connectivity index (χ3v) is 6.63. The van der Waals surface area contributed by atoms with Crippen LogP contribution < -0.4 is 10.1 Å². The molecule has 0 aromatic heterocycles. The first-order valence-electron chi connectivity index (χ1n) is 10.0. The molecule has 2 amide bonds. The molecule has 2 aromatic carbocycles. The van der Waals surface area contributed by atoms with Crippen molar-refractivity contribution in [3.05, 3.63) is 62.0 Å². The zero-order chi connectivity index (χ0) is 23.1. The van der Waals surface area contributed by atoms with Crippen LogP contribution in [0.25, 0.3) is 0 Å². The molecule has 2 atom stereocenters. The fraction of sp³-hybridized carbons (Fsp3) is 0.391. The van der Waals surface area contributed by atoms with Gasteiger partial charge in [-0.1, -0.05) is 52.1 Å². The predicted molar refractivity (Wildman–Crippen MR) is 129 cm³/mol. The van der Waals surface area contributed by atoms with E-state index in [0.717, 1.165) is 22.0 Å². The van der Waals surface area contributed by atoms with Crippen molar-refractivity contribution in [3.63, 3.8) is 0 Å². The van der Waals surface area contributed by atoms with Crippen LogP contribution >= 0.6 is 39.1 Å². The normalized spacial score (nSPS) is 12.7. The van der Waals surface area contributed by atoms with Crippen molar-refractivity contribution in [2.75, 3.05) is 6.61 Å². The molecule has 0 spiro atoms. The molecule has 0 saturated carbocycles. The smallest absolute Gasteiger partial charge is 0.261 e. The van der Waals surface area contributed by atoms with Crippen LogP contribution in [0.1, 0.15) is 38.3 Å². The summed E-state index contributed by atoms with van der Waals surface area (Å²) in [5.41, 5.74) is 1.77. The van der Waals surface area contributed by atoms with E-state index in [1.54, 1.807) is 31.2 Å². The minimum atomic E-state index is -0.689. The Balaban J connectivity index is 2.19. The van der Waals surface area contributed by atoms with E-state index in [1.807, 2.05) is 32.9 Å². The number of hydrogen-bond acceptors (Lipinski definition) is 3. The number of benzene rings is 2. The first-order chi connectivity index (χ1) is 14.6. The van der Waals surface area contributed by atoms with Gasteiger partial charge in [0.15, 0.2) is 6.61 Å². The first kappa shape index (κ1) is 25.5. The highest BCUT2D eigenvalue weighted by Crippen LogP contribution is 2.24. The van der Waals surface area contributed by atoms with Gasteiger partial charge in [0.1, 0.15) is 11.8 Å². The number of ether oxygens (including phenoxy) is 1. The SMILES string of the molecule is CC[C@H](C)NC(=O)[C@H](C)N(Cc1ccc(Cl)c(Cl)c1)C(=O)COc1ccc(Br)c(C)c1. The van der Waals surface area contributed by atoms with Crippen LogP contribution in [-0.4, -0.2) is 35.4 Å². The summed E-state index contributed by atoms with van der Waals surface area (Å²) in [4.78, 5) is 27.3. The molecule has 8 heteroatoms. The van der Waals surface area contributed by atoms with Crippen LogP contribution in [0.5, 0.6) is 5.75 Å². The molecule has 1 N–H and O–H groups in total. The number of hydrogen-bond donors (Lipinski definition) is 1. The van der Waals surface area contributed by atoms with Gasteiger partial charge in [-0.15, -0.1) is 0 Å². The molecular weight excluding hydrogens is 503 g/mol. The van der Waals surface area contributed by atoms with Crippen LogP contribution in [0.15, 0.2) is 40.9 Å². The van der Waals surface area contributed by atoms with E-state index in [4.69, 9.17) is 27.9 Å². The Hall–Kier alpha value is -1.76. The topological polar surface area (TPSA) is 58.6 Å². The van der Waals surface area contributed by atoms with Crippen molar-refractivity contribution in [2.24, 2.45) is 0 Å². The van der Waals surface area contributed by atoms with Crippen molar-refractivity contribution in [1.82, 2.24) is 10.2 Å². The third kappa shape index (κ3) is 7.41. The van der Waals surface area contributed by atoms with E-state index in [1.165, 1.54) is 4.90 Å². The van der Waals surface area contributed by atoms with E-state index in [2.05, 4.69) is 21.2 Å². The second kappa shape index (κ2) is 11.7. The molecule has 0 heterocycles. The van der Waals surface area contributed by atoms with Crippen molar-refractivity contribution >= 4 is 50.9 Å². The molecule has 0 saturated heterocycles. The second-order valence-electron chi connectivity index (χ2n) is 7.46. The zero-order valence-corrected chi connectivity index (χ0v) is 21.1. The highest BCUT2D eigenvalue weighted by molar-refractivity contribution is 9.10. The van der Waals surface area contributed by atoms with Gasteiger partial charge in [-0.05, 0) is 68.7 Å². The Morgan fingerprint density at radius 3 is 2.45 bits per heavy atom. The maximum absolute atomic E-state index is 13.1. The summed E-state index contributed by atoms with van der Waals surface area (Å²) < 4.78 is 6.67. The third-order valence-electron chi connectivity index (χ3n) is 5.00. The lowest BCUT2D eigenvalue weighted by Crippen LogP contribution is -2.50. The Morgan fingerprint density at radius 1 is 1.13 bits per heavy atom. The lowest BCUT2D eigenvalue weighted by Gasteiger charge is -2.29. The minimum Gasteiger partial charge on any atom is -0.484 e. The van der Waals surface area contributed by atoms with Crippen molar-refractivity contribution in [2.45, 2.75) is 52.7 Å². The molecule has 168 valence electrons. The Morgan fingerprint density at radius 2 is 1.84 bits per heavy atom. The van der Waals surface area contributed by atoms with Crippen LogP contribution in [-0.2, 0) is 16.1 Å². The van der Waals surface area contributed by atoms with Crippen LogP contribution in [0.4, 0.5) is 0 Å². The van der Waals surface area contributed by atoms with Gasteiger partial charge in [0.05, 0.1) is 10.0 Å². The summed E-state index contributed by atoms with van der Waals surface area (Å²) in [6.07, 6.45) is 0.797. The van der Waals surface area contributed by atoms with Gasteiger partial charge in [0.2, 0.25) is 5.91 Å². The molecule has 0 bridgehead atoms. The van der Waals surface area contributed by atoms with Crippen molar-refractivity contribution < 1.29 is 14.3 Å². The van der Waals surface area contributed by atoms with Gasteiger partial charge < -0.3 is 15.0 Å². The number of halogens is 3. The van der Waals surface area contributed by atoms with E-state index < -0.39 is 6.04 Å². The Labute approximate surface area is 202 Å². The molecule has 2 rings (SSSR count). The molecule has 0 unspecified atom stereocenters. The molecule has 0 radical (unpaired) electrons. The largest absolute Gasteiger partial charge is 0.484 e. The lowest BCUT2D eigenvalue weighted by molar-refractivity contribution is -0.142. The van der Waals surface area contributed by atoms with Crippen LogP contribution in [0.2, 0.25) is 10.0 Å². The summed E-state index contributed by atoms with van der Waals surface area (Å²) >= 11 is 15.6. The number of aryl methyl sites for hydroxylation is 1. The fourth-order valence-electron chi connectivity index (χ4n) is 2.82. The second-order valence-corrected chi connectivity index (χ2v) is 9.13. The summed E-state index contributed by atoms with van der Waals surface area (Å²) in [5.74, 6) is 0.0564. The van der Waals surface area contributed by atoms with Gasteiger partial charge in [0.25, 0.3) is 5.91 Å². The van der Waals surface area contributed by atoms with E-state index >= 15 is 0 Å². The van der Waals surface area contributed by atoms with Crippen molar-refractivity contribution in [3.8, 4) is 5.75 Å². The van der Waals surface area contributed by atoms with Gasteiger partial charge in [-0.3, -0.25) is 9.59 Å². The lowest BCUT2D eigenvalue weighted by atomic mass is 10.1. The number of rotatable bonds is 9. The summed E-state index contributed by atoms with van der Waals surface area (Å²) in [6.45, 7) is 7.57. The Bertz CT molecular complexity index is 939. The fourth-order valence-corrected chi connectivity index (χ4v) is 3.39. The molecule has 0 aliphatic heterocycles. The summed E-state index contributed by atoms with van der Waals surface area (Å²) in [7, 11) is 0. The summed E-state index contributed by atoms with van der Waals surface area (Å²) in [5, 5.41) is 3.76. The molecular formula is C23H27BrCl2N2O3. The highest BCUT2D eigenvalue weighted by Gasteiger charge is 2.27. The standard InChI is InChI=1S/C23H27BrCl2N2O3/c1-5-15(3)27-23(30)16(4)28(12-17-6-9-20(25)21(26)11-17)22(29)13-31-18-7-8-19(24)14(2)10-18/h6-11,15-16H,5,12-13H2,1-4H3,(H,27,30)/t15-,16-/m0/s1. The number of carbonyl (C=O) groups excluding carboxylic acids is 2.